The average molecular weight is 302 g/mol. The van der Waals surface area contributed by atoms with Crippen molar-refractivity contribution in [1.82, 2.24) is 0 Å². The second kappa shape index (κ2) is 7.48. The lowest BCUT2D eigenvalue weighted by Crippen LogP contribution is -2.21. The van der Waals surface area contributed by atoms with Gasteiger partial charge in [-0.05, 0) is 82.6 Å². The van der Waals surface area contributed by atoms with Crippen molar-refractivity contribution < 1.29 is 14.6 Å². The lowest BCUT2D eigenvalue weighted by Gasteiger charge is -2.29. The van der Waals surface area contributed by atoms with E-state index in [1.165, 1.54) is 31.3 Å². The molecule has 1 N–H and O–H groups in total. The van der Waals surface area contributed by atoms with Gasteiger partial charge >= 0.3 is 5.97 Å². The Hall–Kier alpha value is -1.77. The number of hydrogen-bond donors (Lipinski definition) is 1. The summed E-state index contributed by atoms with van der Waals surface area (Å²) < 4.78 is 5.82. The summed E-state index contributed by atoms with van der Waals surface area (Å²) in [5.74, 6) is 1.21. The molecular weight excluding hydrogens is 276 g/mol. The Bertz CT molecular complexity index is 530. The van der Waals surface area contributed by atoms with Crippen LogP contribution in [-0.4, -0.2) is 17.7 Å². The maximum atomic E-state index is 10.8. The normalized spacial score (nSPS) is 21.2. The third-order valence-electron chi connectivity index (χ3n) is 4.83. The van der Waals surface area contributed by atoms with E-state index in [9.17, 15) is 4.79 Å². The Kier molecular flexibility index (Phi) is 5.64. The largest absolute Gasteiger partial charge is 0.493 e. The van der Waals surface area contributed by atoms with Crippen molar-refractivity contribution in [2.24, 2.45) is 11.8 Å². The maximum Gasteiger partial charge on any atom is 0.335 e. The fraction of sp³-hybridized carbons (Fsp3) is 0.526. The zero-order chi connectivity index (χ0) is 16.1. The van der Waals surface area contributed by atoms with E-state index >= 15 is 0 Å². The molecular formula is C19H26O3. The van der Waals surface area contributed by atoms with Crippen LogP contribution in [0, 0.1) is 11.8 Å². The number of allylic oxidation sites excluding steroid dienone is 2. The van der Waals surface area contributed by atoms with Gasteiger partial charge in [-0.25, -0.2) is 4.79 Å². The zero-order valence-corrected chi connectivity index (χ0v) is 13.8. The molecule has 0 atom stereocenters. The number of rotatable bonds is 5. The van der Waals surface area contributed by atoms with Gasteiger partial charge in [0.05, 0.1) is 12.2 Å². The molecule has 0 radical (unpaired) electrons. The highest BCUT2D eigenvalue weighted by Gasteiger charge is 2.23. The van der Waals surface area contributed by atoms with E-state index in [4.69, 9.17) is 9.84 Å². The molecule has 1 aliphatic rings. The Morgan fingerprint density at radius 3 is 2.18 bits per heavy atom. The molecule has 2 rings (SSSR count). The molecule has 0 amide bonds. The molecule has 0 aliphatic heterocycles. The number of carboxylic acid groups (broad SMARTS) is 1. The van der Waals surface area contributed by atoms with Crippen LogP contribution in [0.3, 0.4) is 0 Å². The van der Waals surface area contributed by atoms with Gasteiger partial charge in [0.25, 0.3) is 0 Å². The van der Waals surface area contributed by atoms with Crippen LogP contribution in [0.1, 0.15) is 56.8 Å². The van der Waals surface area contributed by atoms with Crippen LogP contribution in [0.25, 0.3) is 0 Å². The Labute approximate surface area is 133 Å². The van der Waals surface area contributed by atoms with E-state index in [0.717, 1.165) is 18.3 Å². The Balaban J connectivity index is 1.79. The molecule has 1 saturated carbocycles. The molecule has 0 spiro atoms. The fourth-order valence-electron chi connectivity index (χ4n) is 3.08. The van der Waals surface area contributed by atoms with E-state index in [1.807, 2.05) is 0 Å². The summed E-state index contributed by atoms with van der Waals surface area (Å²) in [5, 5.41) is 8.87. The van der Waals surface area contributed by atoms with Gasteiger partial charge in [0, 0.05) is 0 Å². The second-order valence-corrected chi connectivity index (χ2v) is 6.54. The Morgan fingerprint density at radius 2 is 1.68 bits per heavy atom. The van der Waals surface area contributed by atoms with E-state index < -0.39 is 5.97 Å². The number of ether oxygens (including phenoxy) is 1. The molecule has 0 saturated heterocycles. The van der Waals surface area contributed by atoms with E-state index in [2.05, 4.69) is 20.8 Å². The van der Waals surface area contributed by atoms with Gasteiger partial charge in [-0.1, -0.05) is 11.1 Å². The molecule has 1 aliphatic carbocycles. The summed E-state index contributed by atoms with van der Waals surface area (Å²) in [6.07, 6.45) is 4.93. The molecule has 0 unspecified atom stereocenters. The lowest BCUT2D eigenvalue weighted by atomic mass is 9.78. The summed E-state index contributed by atoms with van der Waals surface area (Å²) >= 11 is 0. The first-order chi connectivity index (χ1) is 10.5. The highest BCUT2D eigenvalue weighted by atomic mass is 16.5. The second-order valence-electron chi connectivity index (χ2n) is 6.54. The van der Waals surface area contributed by atoms with Crippen molar-refractivity contribution in [2.75, 3.05) is 6.61 Å². The van der Waals surface area contributed by atoms with Gasteiger partial charge in [0.2, 0.25) is 0 Å². The van der Waals surface area contributed by atoms with Crippen molar-refractivity contribution in [2.45, 2.75) is 46.5 Å². The SMILES string of the molecule is CC(C)=C(C)C1CCC(COc2ccc(C(=O)O)cc2)CC1. The monoisotopic (exact) mass is 302 g/mol. The highest BCUT2D eigenvalue weighted by Crippen LogP contribution is 2.34. The van der Waals surface area contributed by atoms with Gasteiger partial charge in [-0.3, -0.25) is 0 Å². The average Bonchev–Trinajstić information content (AvgIpc) is 2.53. The van der Waals surface area contributed by atoms with Crippen LogP contribution in [0.15, 0.2) is 35.4 Å². The van der Waals surface area contributed by atoms with Crippen molar-refractivity contribution in [1.29, 1.82) is 0 Å². The lowest BCUT2D eigenvalue weighted by molar-refractivity contribution is 0.0697. The quantitative estimate of drug-likeness (QED) is 0.785. The van der Waals surface area contributed by atoms with Crippen molar-refractivity contribution in [3.05, 3.63) is 41.0 Å². The maximum absolute atomic E-state index is 10.8. The van der Waals surface area contributed by atoms with E-state index in [0.29, 0.717) is 11.5 Å². The van der Waals surface area contributed by atoms with Gasteiger partial charge in [0.1, 0.15) is 5.75 Å². The topological polar surface area (TPSA) is 46.5 Å². The van der Waals surface area contributed by atoms with Crippen molar-refractivity contribution >= 4 is 5.97 Å². The molecule has 0 aromatic heterocycles. The van der Waals surface area contributed by atoms with Gasteiger partial charge in [0.15, 0.2) is 0 Å². The fourth-order valence-corrected chi connectivity index (χ4v) is 3.08. The van der Waals surface area contributed by atoms with Gasteiger partial charge in [-0.15, -0.1) is 0 Å². The first-order valence-electron chi connectivity index (χ1n) is 8.07. The Morgan fingerprint density at radius 1 is 1.09 bits per heavy atom. The number of hydrogen-bond acceptors (Lipinski definition) is 2. The van der Waals surface area contributed by atoms with Gasteiger partial charge < -0.3 is 9.84 Å². The summed E-state index contributed by atoms with van der Waals surface area (Å²) in [4.78, 5) is 10.8. The third kappa shape index (κ3) is 4.36. The first kappa shape index (κ1) is 16.6. The molecule has 1 aromatic carbocycles. The predicted molar refractivity (Wildman–Crippen MR) is 88.4 cm³/mol. The third-order valence-corrected chi connectivity index (χ3v) is 4.83. The van der Waals surface area contributed by atoms with Crippen LogP contribution < -0.4 is 4.74 Å². The number of carboxylic acids is 1. The molecule has 1 fully saturated rings. The van der Waals surface area contributed by atoms with Crippen molar-refractivity contribution in [3.8, 4) is 5.75 Å². The molecule has 0 heterocycles. The van der Waals surface area contributed by atoms with Crippen LogP contribution in [0.4, 0.5) is 0 Å². The molecule has 22 heavy (non-hydrogen) atoms. The molecule has 120 valence electrons. The van der Waals surface area contributed by atoms with Crippen LogP contribution in [0.2, 0.25) is 0 Å². The molecule has 3 heteroatoms. The molecule has 1 aromatic rings. The summed E-state index contributed by atoms with van der Waals surface area (Å²) in [6.45, 7) is 7.39. The highest BCUT2D eigenvalue weighted by molar-refractivity contribution is 5.87. The number of benzene rings is 1. The zero-order valence-electron chi connectivity index (χ0n) is 13.8. The smallest absolute Gasteiger partial charge is 0.335 e. The molecule has 3 nitrogen and oxygen atoms in total. The minimum absolute atomic E-state index is 0.296. The number of aromatic carboxylic acids is 1. The summed E-state index contributed by atoms with van der Waals surface area (Å²) in [5.41, 5.74) is 3.31. The number of carbonyl (C=O) groups is 1. The van der Waals surface area contributed by atoms with Crippen LogP contribution in [-0.2, 0) is 0 Å². The first-order valence-corrected chi connectivity index (χ1v) is 8.07. The van der Waals surface area contributed by atoms with E-state index in [-0.39, 0.29) is 0 Å². The summed E-state index contributed by atoms with van der Waals surface area (Å²) in [7, 11) is 0. The minimum atomic E-state index is -0.903. The standard InChI is InChI=1S/C19H26O3/c1-13(2)14(3)16-6-4-15(5-7-16)12-22-18-10-8-17(9-11-18)19(20)21/h8-11,15-16H,4-7,12H2,1-3H3,(H,20,21). The van der Waals surface area contributed by atoms with Crippen LogP contribution in [0.5, 0.6) is 5.75 Å². The predicted octanol–water partition coefficient (Wildman–Crippen LogP) is 4.93. The van der Waals surface area contributed by atoms with E-state index in [1.54, 1.807) is 29.8 Å². The molecule has 0 bridgehead atoms. The van der Waals surface area contributed by atoms with Crippen LogP contribution >= 0.6 is 0 Å². The summed E-state index contributed by atoms with van der Waals surface area (Å²) in [6, 6.07) is 6.66. The van der Waals surface area contributed by atoms with Gasteiger partial charge in [-0.2, -0.15) is 0 Å². The minimum Gasteiger partial charge on any atom is -0.493 e. The van der Waals surface area contributed by atoms with Crippen molar-refractivity contribution in [3.63, 3.8) is 0 Å².